The Bertz CT molecular complexity index is 1600. The summed E-state index contributed by atoms with van der Waals surface area (Å²) in [4.78, 5) is 32.2. The molecule has 4 rings (SSSR count). The fourth-order valence-electron chi connectivity index (χ4n) is 3.38. The van der Waals surface area contributed by atoms with Crippen molar-refractivity contribution >= 4 is 17.6 Å². The normalized spacial score (nSPS) is 12.9. The van der Waals surface area contributed by atoms with Gasteiger partial charge in [-0.05, 0) is 36.4 Å². The van der Waals surface area contributed by atoms with Crippen LogP contribution in [0.4, 0.5) is 26.3 Å². The molecule has 212 valence electrons. The molecule has 0 saturated carbocycles. The topological polar surface area (TPSA) is 150 Å². The van der Waals surface area contributed by atoms with E-state index in [4.69, 9.17) is 11.6 Å². The maximum atomic E-state index is 13.1. The number of aromatic carboxylic acids is 1. The van der Waals surface area contributed by atoms with E-state index in [1.807, 2.05) is 0 Å². The van der Waals surface area contributed by atoms with Crippen molar-refractivity contribution in [3.63, 3.8) is 0 Å². The standard InChI is InChI=1S/C21H14ClF6N7O5/c22-11-5-3-10(4-6-11)15-32-34(19(39)33(15)8-13(36)20(23,24)25)9-14-30-17(18(37)38)35(31-14)16-12(2-1-7-29-16)40-21(26,27)28/h1-7,13,36H,8-9H2,(H,37,38)/t13-/m0/s1. The molecule has 0 radical (unpaired) electrons. The van der Waals surface area contributed by atoms with Crippen LogP contribution in [-0.4, -0.2) is 68.9 Å². The lowest BCUT2D eigenvalue weighted by molar-refractivity contribution is -0.274. The van der Waals surface area contributed by atoms with Gasteiger partial charge in [0.2, 0.25) is 5.82 Å². The van der Waals surface area contributed by atoms with E-state index in [0.29, 0.717) is 13.9 Å². The first-order valence-corrected chi connectivity index (χ1v) is 11.1. The zero-order valence-corrected chi connectivity index (χ0v) is 20.2. The number of rotatable bonds is 8. The number of aliphatic hydroxyl groups excluding tert-OH is 1. The van der Waals surface area contributed by atoms with Gasteiger partial charge in [0, 0.05) is 16.8 Å². The summed E-state index contributed by atoms with van der Waals surface area (Å²) in [5, 5.41) is 27.2. The number of benzene rings is 1. The summed E-state index contributed by atoms with van der Waals surface area (Å²) >= 11 is 5.84. The predicted molar refractivity (Wildman–Crippen MR) is 121 cm³/mol. The van der Waals surface area contributed by atoms with Gasteiger partial charge in [-0.15, -0.1) is 23.4 Å². The summed E-state index contributed by atoms with van der Waals surface area (Å²) in [7, 11) is 0. The van der Waals surface area contributed by atoms with Crippen molar-refractivity contribution in [3.8, 4) is 23.0 Å². The maximum Gasteiger partial charge on any atom is 0.573 e. The van der Waals surface area contributed by atoms with E-state index in [2.05, 4.69) is 24.9 Å². The van der Waals surface area contributed by atoms with Crippen molar-refractivity contribution in [2.24, 2.45) is 0 Å². The molecule has 3 aromatic heterocycles. The van der Waals surface area contributed by atoms with Crippen LogP contribution < -0.4 is 10.4 Å². The average molecular weight is 594 g/mol. The second-order valence-electron chi connectivity index (χ2n) is 7.88. The zero-order chi connectivity index (χ0) is 29.4. The number of nitrogens with zero attached hydrogens (tertiary/aromatic N) is 7. The third-order valence-corrected chi connectivity index (χ3v) is 5.32. The molecular weight excluding hydrogens is 580 g/mol. The van der Waals surface area contributed by atoms with Crippen molar-refractivity contribution in [3.05, 3.63) is 69.8 Å². The van der Waals surface area contributed by atoms with E-state index >= 15 is 0 Å². The number of pyridine rings is 1. The zero-order valence-electron chi connectivity index (χ0n) is 19.4. The highest BCUT2D eigenvalue weighted by atomic mass is 35.5. The number of carboxylic acid groups (broad SMARTS) is 1. The predicted octanol–water partition coefficient (Wildman–Crippen LogP) is 2.91. The number of ether oxygens (including phenoxy) is 1. The summed E-state index contributed by atoms with van der Waals surface area (Å²) in [5.74, 6) is -5.07. The molecular formula is C21H14ClF6N7O5. The maximum absolute atomic E-state index is 13.1. The highest BCUT2D eigenvalue weighted by Gasteiger charge is 2.39. The summed E-state index contributed by atoms with van der Waals surface area (Å²) < 4.78 is 83.1. The summed E-state index contributed by atoms with van der Waals surface area (Å²) in [6.45, 7) is -1.97. The molecule has 0 aliphatic rings. The van der Waals surface area contributed by atoms with Gasteiger partial charge in [0.15, 0.2) is 29.3 Å². The van der Waals surface area contributed by atoms with E-state index in [1.165, 1.54) is 24.3 Å². The Kier molecular flexibility index (Phi) is 7.57. The Morgan fingerprint density at radius 1 is 1.07 bits per heavy atom. The number of hydrogen-bond acceptors (Lipinski definition) is 8. The second-order valence-corrected chi connectivity index (χ2v) is 8.32. The Morgan fingerprint density at radius 2 is 1.75 bits per heavy atom. The molecule has 0 amide bonds. The van der Waals surface area contributed by atoms with Crippen LogP contribution in [0.15, 0.2) is 47.4 Å². The Balaban J connectivity index is 1.78. The van der Waals surface area contributed by atoms with Crippen molar-refractivity contribution in [1.29, 1.82) is 0 Å². The minimum absolute atomic E-state index is 0.141. The fraction of sp³-hybridized carbons (Fsp3) is 0.238. The first kappa shape index (κ1) is 28.6. The number of alkyl halides is 6. The lowest BCUT2D eigenvalue weighted by atomic mass is 10.2. The van der Waals surface area contributed by atoms with Gasteiger partial charge >= 0.3 is 24.2 Å². The fourth-order valence-corrected chi connectivity index (χ4v) is 3.51. The van der Waals surface area contributed by atoms with E-state index < -0.39 is 66.6 Å². The van der Waals surface area contributed by atoms with E-state index in [9.17, 15) is 46.1 Å². The number of carboxylic acids is 1. The van der Waals surface area contributed by atoms with Crippen molar-refractivity contribution < 1.29 is 46.1 Å². The number of aliphatic hydroxyl groups is 1. The molecule has 0 saturated heterocycles. The highest BCUT2D eigenvalue weighted by molar-refractivity contribution is 6.30. The van der Waals surface area contributed by atoms with Crippen LogP contribution in [0, 0.1) is 0 Å². The van der Waals surface area contributed by atoms with Gasteiger partial charge in [-0.3, -0.25) is 4.57 Å². The first-order chi connectivity index (χ1) is 18.6. The summed E-state index contributed by atoms with van der Waals surface area (Å²) in [5.41, 5.74) is -1.03. The first-order valence-electron chi connectivity index (χ1n) is 10.7. The lowest BCUT2D eigenvalue weighted by Gasteiger charge is -2.15. The van der Waals surface area contributed by atoms with Crippen LogP contribution in [-0.2, 0) is 13.1 Å². The van der Waals surface area contributed by atoms with Crippen molar-refractivity contribution in [1.82, 2.24) is 34.1 Å². The van der Waals surface area contributed by atoms with Gasteiger partial charge in [-0.1, -0.05) is 11.6 Å². The van der Waals surface area contributed by atoms with Crippen LogP contribution in [0.2, 0.25) is 5.02 Å². The van der Waals surface area contributed by atoms with Crippen molar-refractivity contribution in [2.45, 2.75) is 31.7 Å². The molecule has 0 spiro atoms. The van der Waals surface area contributed by atoms with Gasteiger partial charge in [-0.2, -0.15) is 17.9 Å². The van der Waals surface area contributed by atoms with Crippen LogP contribution in [0.5, 0.6) is 5.75 Å². The number of aromatic nitrogens is 7. The molecule has 1 aromatic carbocycles. The monoisotopic (exact) mass is 593 g/mol. The van der Waals surface area contributed by atoms with E-state index in [-0.39, 0.29) is 16.4 Å². The number of carbonyl (C=O) groups is 1. The molecule has 19 heteroatoms. The highest BCUT2D eigenvalue weighted by Crippen LogP contribution is 2.28. The van der Waals surface area contributed by atoms with Gasteiger partial charge in [-0.25, -0.2) is 24.2 Å². The minimum Gasteiger partial charge on any atom is -0.475 e. The molecule has 1 atom stereocenters. The molecule has 0 fully saturated rings. The molecule has 0 bridgehead atoms. The summed E-state index contributed by atoms with van der Waals surface area (Å²) in [6, 6.07) is 7.39. The molecule has 0 unspecified atom stereocenters. The molecule has 4 aromatic rings. The third kappa shape index (κ3) is 6.23. The lowest BCUT2D eigenvalue weighted by Crippen LogP contribution is -2.37. The Labute approximate surface area is 222 Å². The quantitative estimate of drug-likeness (QED) is 0.294. The average Bonchev–Trinajstić information content (AvgIpc) is 3.40. The molecule has 40 heavy (non-hydrogen) atoms. The number of halogens is 7. The summed E-state index contributed by atoms with van der Waals surface area (Å²) in [6.07, 6.45) is -12.2. The molecule has 0 aliphatic carbocycles. The minimum atomic E-state index is -5.16. The van der Waals surface area contributed by atoms with E-state index in [0.717, 1.165) is 18.3 Å². The molecule has 12 nitrogen and oxygen atoms in total. The largest absolute Gasteiger partial charge is 0.573 e. The molecule has 0 aliphatic heterocycles. The Hall–Kier alpha value is -4.45. The van der Waals surface area contributed by atoms with Gasteiger partial charge in [0.05, 0.1) is 6.54 Å². The molecule has 2 N–H and O–H groups in total. The SMILES string of the molecule is O=C(O)c1nc(Cn2nc(-c3ccc(Cl)cc3)n(C[C@H](O)C(F)(F)F)c2=O)nn1-c1ncccc1OC(F)(F)F. The van der Waals surface area contributed by atoms with Gasteiger partial charge in [0.1, 0.15) is 6.54 Å². The van der Waals surface area contributed by atoms with Gasteiger partial charge in [0.25, 0.3) is 0 Å². The Morgan fingerprint density at radius 3 is 2.35 bits per heavy atom. The molecule has 3 heterocycles. The number of hydrogen-bond donors (Lipinski definition) is 2. The van der Waals surface area contributed by atoms with Crippen LogP contribution in [0.1, 0.15) is 16.4 Å². The van der Waals surface area contributed by atoms with Crippen LogP contribution >= 0.6 is 11.6 Å². The van der Waals surface area contributed by atoms with Crippen LogP contribution in [0.3, 0.4) is 0 Å². The van der Waals surface area contributed by atoms with Crippen LogP contribution in [0.25, 0.3) is 17.2 Å². The smallest absolute Gasteiger partial charge is 0.475 e. The van der Waals surface area contributed by atoms with Crippen molar-refractivity contribution in [2.75, 3.05) is 0 Å². The second kappa shape index (κ2) is 10.6. The third-order valence-electron chi connectivity index (χ3n) is 5.07. The van der Waals surface area contributed by atoms with Gasteiger partial charge < -0.3 is 14.9 Å². The van der Waals surface area contributed by atoms with E-state index in [1.54, 1.807) is 0 Å².